The van der Waals surface area contributed by atoms with Crippen molar-refractivity contribution in [3.05, 3.63) is 64.9 Å². The first-order valence-corrected chi connectivity index (χ1v) is 9.56. The molecule has 1 aromatic carbocycles. The second-order valence-electron chi connectivity index (χ2n) is 7.05. The maximum Gasteiger partial charge on any atom is 0.238 e. The summed E-state index contributed by atoms with van der Waals surface area (Å²) >= 11 is 5.88. The van der Waals surface area contributed by atoms with E-state index in [1.165, 1.54) is 0 Å². The van der Waals surface area contributed by atoms with Crippen molar-refractivity contribution in [1.82, 2.24) is 15.2 Å². The largest absolute Gasteiger partial charge is 0.355 e. The molecule has 3 rings (SSSR count). The third-order valence-corrected chi connectivity index (χ3v) is 5.29. The number of benzene rings is 1. The Bertz CT molecular complexity index is 789. The van der Waals surface area contributed by atoms with Crippen molar-refractivity contribution in [2.24, 2.45) is 5.41 Å². The third kappa shape index (κ3) is 4.86. The highest BCUT2D eigenvalue weighted by Crippen LogP contribution is 2.47. The van der Waals surface area contributed by atoms with E-state index in [0.717, 1.165) is 17.5 Å². The quantitative estimate of drug-likeness (QED) is 0.711. The molecule has 1 aliphatic carbocycles. The number of hydrogen-bond acceptors (Lipinski definition) is 3. The van der Waals surface area contributed by atoms with Crippen LogP contribution in [0.25, 0.3) is 0 Å². The molecule has 2 aromatic rings. The zero-order valence-electron chi connectivity index (χ0n) is 15.5. The summed E-state index contributed by atoms with van der Waals surface area (Å²) in [6.07, 6.45) is 6.20. The van der Waals surface area contributed by atoms with Crippen LogP contribution in [-0.2, 0) is 22.4 Å². The van der Waals surface area contributed by atoms with Crippen molar-refractivity contribution in [3.63, 3.8) is 0 Å². The number of pyridine rings is 1. The summed E-state index contributed by atoms with van der Waals surface area (Å²) in [6, 6.07) is 11.4. The number of carbonyl (C=O) groups is 2. The van der Waals surface area contributed by atoms with E-state index in [4.69, 9.17) is 11.6 Å². The number of rotatable bonds is 8. The van der Waals surface area contributed by atoms with Crippen LogP contribution in [-0.4, -0.2) is 41.8 Å². The molecule has 1 heterocycles. The molecule has 1 aromatic heterocycles. The standard InChI is InChI=1S/C21H24ClN3O2/c1-25(15-9-17-6-12-23-13-7-17)20(27)21(10-11-21)19(26)24-14-8-16-2-4-18(22)5-3-16/h2-7,12-13H,8-11,14-15H2,1H3,(H,24,26). The molecule has 0 saturated heterocycles. The Labute approximate surface area is 164 Å². The molecule has 6 heteroatoms. The minimum atomic E-state index is -0.868. The fourth-order valence-electron chi connectivity index (χ4n) is 3.12. The van der Waals surface area contributed by atoms with Gasteiger partial charge in [0.25, 0.3) is 0 Å². The number of amides is 2. The van der Waals surface area contributed by atoms with Crippen LogP contribution in [0.1, 0.15) is 24.0 Å². The molecule has 27 heavy (non-hydrogen) atoms. The third-order valence-electron chi connectivity index (χ3n) is 5.04. The van der Waals surface area contributed by atoms with Crippen LogP contribution < -0.4 is 5.32 Å². The molecule has 0 atom stereocenters. The van der Waals surface area contributed by atoms with E-state index >= 15 is 0 Å². The lowest BCUT2D eigenvalue weighted by Gasteiger charge is -2.23. The Hall–Kier alpha value is -2.40. The van der Waals surface area contributed by atoms with Crippen molar-refractivity contribution >= 4 is 23.4 Å². The summed E-state index contributed by atoms with van der Waals surface area (Å²) in [5.74, 6) is -0.238. The minimum absolute atomic E-state index is 0.0828. The van der Waals surface area contributed by atoms with Crippen LogP contribution >= 0.6 is 11.6 Å². The van der Waals surface area contributed by atoms with E-state index in [1.54, 1.807) is 24.3 Å². The predicted molar refractivity (Wildman–Crippen MR) is 105 cm³/mol. The van der Waals surface area contributed by atoms with Crippen molar-refractivity contribution in [1.29, 1.82) is 0 Å². The van der Waals surface area contributed by atoms with E-state index < -0.39 is 5.41 Å². The molecule has 0 unspecified atom stereocenters. The van der Waals surface area contributed by atoms with Crippen molar-refractivity contribution in [3.8, 4) is 0 Å². The van der Waals surface area contributed by atoms with Gasteiger partial charge in [-0.3, -0.25) is 14.6 Å². The average Bonchev–Trinajstić information content (AvgIpc) is 3.50. The normalized spacial score (nSPS) is 14.4. The lowest BCUT2D eigenvalue weighted by atomic mass is 10.0. The van der Waals surface area contributed by atoms with Crippen molar-refractivity contribution in [2.45, 2.75) is 25.7 Å². The van der Waals surface area contributed by atoms with Gasteiger partial charge < -0.3 is 10.2 Å². The molecular formula is C21H24ClN3O2. The number of halogens is 1. The number of likely N-dealkylation sites (N-methyl/N-ethyl adjacent to an activating group) is 1. The van der Waals surface area contributed by atoms with Gasteiger partial charge in [0.1, 0.15) is 5.41 Å². The zero-order chi connectivity index (χ0) is 19.3. The highest BCUT2D eigenvalue weighted by atomic mass is 35.5. The second kappa shape index (κ2) is 8.53. The van der Waals surface area contributed by atoms with Gasteiger partial charge in [-0.25, -0.2) is 0 Å². The fourth-order valence-corrected chi connectivity index (χ4v) is 3.24. The van der Waals surface area contributed by atoms with Gasteiger partial charge in [0.15, 0.2) is 0 Å². The fraction of sp³-hybridized carbons (Fsp3) is 0.381. The highest BCUT2D eigenvalue weighted by molar-refractivity contribution is 6.30. The van der Waals surface area contributed by atoms with Crippen LogP contribution in [0, 0.1) is 5.41 Å². The van der Waals surface area contributed by atoms with E-state index in [-0.39, 0.29) is 11.8 Å². The van der Waals surface area contributed by atoms with Gasteiger partial charge in [0.2, 0.25) is 11.8 Å². The van der Waals surface area contributed by atoms with Crippen LogP contribution in [0.15, 0.2) is 48.8 Å². The molecule has 1 saturated carbocycles. The molecule has 1 fully saturated rings. The number of aromatic nitrogens is 1. The molecule has 0 radical (unpaired) electrons. The first-order valence-electron chi connectivity index (χ1n) is 9.18. The summed E-state index contributed by atoms with van der Waals surface area (Å²) in [7, 11) is 1.77. The number of hydrogen-bond donors (Lipinski definition) is 1. The van der Waals surface area contributed by atoms with Crippen molar-refractivity contribution in [2.75, 3.05) is 20.1 Å². The molecule has 0 aliphatic heterocycles. The first-order chi connectivity index (χ1) is 13.0. The van der Waals surface area contributed by atoms with Crippen LogP contribution in [0.2, 0.25) is 5.02 Å². The van der Waals surface area contributed by atoms with Gasteiger partial charge in [-0.2, -0.15) is 0 Å². The zero-order valence-corrected chi connectivity index (χ0v) is 16.2. The smallest absolute Gasteiger partial charge is 0.238 e. The molecule has 1 N–H and O–H groups in total. The maximum absolute atomic E-state index is 12.8. The van der Waals surface area contributed by atoms with Gasteiger partial charge in [0, 0.05) is 37.6 Å². The van der Waals surface area contributed by atoms with E-state index in [2.05, 4.69) is 10.3 Å². The van der Waals surface area contributed by atoms with Gasteiger partial charge in [0.05, 0.1) is 0 Å². The lowest BCUT2D eigenvalue weighted by Crippen LogP contribution is -2.44. The molecule has 142 valence electrons. The molecule has 5 nitrogen and oxygen atoms in total. The van der Waals surface area contributed by atoms with Gasteiger partial charge >= 0.3 is 0 Å². The van der Waals surface area contributed by atoms with Crippen molar-refractivity contribution < 1.29 is 9.59 Å². The maximum atomic E-state index is 12.8. The van der Waals surface area contributed by atoms with Gasteiger partial charge in [-0.1, -0.05) is 23.7 Å². The average molecular weight is 386 g/mol. The SMILES string of the molecule is CN(CCc1ccncc1)C(=O)C1(C(=O)NCCc2ccc(Cl)cc2)CC1. The Morgan fingerprint density at radius 2 is 1.70 bits per heavy atom. The Balaban J connectivity index is 1.48. The first kappa shape index (κ1) is 19.4. The minimum Gasteiger partial charge on any atom is -0.355 e. The van der Waals surface area contributed by atoms with Gasteiger partial charge in [-0.15, -0.1) is 0 Å². The van der Waals surface area contributed by atoms with E-state index in [0.29, 0.717) is 37.4 Å². The molecule has 2 amide bonds. The molecule has 0 bridgehead atoms. The number of carbonyl (C=O) groups excluding carboxylic acids is 2. The highest BCUT2D eigenvalue weighted by Gasteiger charge is 2.57. The van der Waals surface area contributed by atoms with Crippen LogP contribution in [0.3, 0.4) is 0 Å². The Morgan fingerprint density at radius 1 is 1.07 bits per heavy atom. The predicted octanol–water partition coefficient (Wildman–Crippen LogP) is 2.88. The summed E-state index contributed by atoms with van der Waals surface area (Å²) in [4.78, 5) is 31.1. The number of nitrogens with one attached hydrogen (secondary N) is 1. The Kier molecular flexibility index (Phi) is 6.11. The van der Waals surface area contributed by atoms with Gasteiger partial charge in [-0.05, 0) is 61.1 Å². The summed E-state index contributed by atoms with van der Waals surface area (Å²) < 4.78 is 0. The monoisotopic (exact) mass is 385 g/mol. The van der Waals surface area contributed by atoms with E-state index in [9.17, 15) is 9.59 Å². The second-order valence-corrected chi connectivity index (χ2v) is 7.48. The summed E-state index contributed by atoms with van der Waals surface area (Å²) in [6.45, 7) is 1.10. The molecule has 0 spiro atoms. The van der Waals surface area contributed by atoms with E-state index in [1.807, 2.05) is 36.4 Å². The molecule has 1 aliphatic rings. The summed E-state index contributed by atoms with van der Waals surface area (Å²) in [5, 5.41) is 3.62. The topological polar surface area (TPSA) is 62.3 Å². The van der Waals surface area contributed by atoms with Crippen LogP contribution in [0.4, 0.5) is 0 Å². The molecular weight excluding hydrogens is 362 g/mol. The van der Waals surface area contributed by atoms with Crippen LogP contribution in [0.5, 0.6) is 0 Å². The summed E-state index contributed by atoms with van der Waals surface area (Å²) in [5.41, 5.74) is 1.36. The lowest BCUT2D eigenvalue weighted by molar-refractivity contribution is -0.143. The number of nitrogens with zero attached hydrogens (tertiary/aromatic N) is 2. The Morgan fingerprint density at radius 3 is 2.33 bits per heavy atom.